The van der Waals surface area contributed by atoms with Gasteiger partial charge in [-0.3, -0.25) is 0 Å². The molecule has 0 spiro atoms. The van der Waals surface area contributed by atoms with E-state index in [9.17, 15) is 4.39 Å². The van der Waals surface area contributed by atoms with Crippen molar-refractivity contribution >= 4 is 32.9 Å². The Labute approximate surface area is 127 Å². The Hall–Kier alpha value is -1.10. The van der Waals surface area contributed by atoms with Crippen LogP contribution in [0.15, 0.2) is 16.6 Å². The van der Waals surface area contributed by atoms with E-state index in [1.165, 1.54) is 6.07 Å². The van der Waals surface area contributed by atoms with E-state index in [2.05, 4.69) is 55.5 Å². The highest BCUT2D eigenvalue weighted by atomic mass is 79.9. The Morgan fingerprint density at radius 1 is 1.25 bits per heavy atom. The summed E-state index contributed by atoms with van der Waals surface area (Å²) >= 11 is 3.23. The number of benzene rings is 1. The zero-order valence-electron chi connectivity index (χ0n) is 12.6. The average molecular weight is 342 g/mol. The number of rotatable bonds is 2. The van der Waals surface area contributed by atoms with Gasteiger partial charge in [-0.25, -0.2) is 9.37 Å². The first kappa shape index (κ1) is 15.3. The number of aromatic nitrogens is 2. The van der Waals surface area contributed by atoms with Crippen molar-refractivity contribution in [3.05, 3.63) is 22.4 Å². The van der Waals surface area contributed by atoms with E-state index < -0.39 is 0 Å². The van der Waals surface area contributed by atoms with Crippen LogP contribution in [0.25, 0.3) is 11.0 Å². The summed E-state index contributed by atoms with van der Waals surface area (Å²) in [5.41, 5.74) is 7.47. The summed E-state index contributed by atoms with van der Waals surface area (Å²) in [7, 11) is 0. The van der Waals surface area contributed by atoms with Gasteiger partial charge in [-0.1, -0.05) is 20.8 Å². The SMILES string of the molecule is CC(C)(C)CC(C)(C)n1c(N)nc2cc(F)c(Br)cc21. The van der Waals surface area contributed by atoms with Crippen LogP contribution in [0, 0.1) is 11.2 Å². The van der Waals surface area contributed by atoms with Crippen molar-refractivity contribution in [1.82, 2.24) is 9.55 Å². The van der Waals surface area contributed by atoms with Gasteiger partial charge in [0.2, 0.25) is 5.95 Å². The van der Waals surface area contributed by atoms with Crippen LogP contribution in [0.1, 0.15) is 41.0 Å². The third-order valence-electron chi connectivity index (χ3n) is 3.29. The molecule has 1 aromatic heterocycles. The molecule has 1 aromatic carbocycles. The molecule has 3 nitrogen and oxygen atoms in total. The Bertz CT molecular complexity index is 653. The molecule has 0 aliphatic rings. The van der Waals surface area contributed by atoms with Gasteiger partial charge in [0.1, 0.15) is 5.82 Å². The molecule has 1 heterocycles. The normalized spacial score (nSPS) is 13.2. The number of nitrogen functional groups attached to an aromatic ring is 1. The summed E-state index contributed by atoms with van der Waals surface area (Å²) in [4.78, 5) is 4.29. The Morgan fingerprint density at radius 2 is 1.85 bits per heavy atom. The average Bonchev–Trinajstić information content (AvgIpc) is 2.51. The second-order valence-corrected chi connectivity index (χ2v) is 7.96. The molecule has 5 heteroatoms. The molecule has 2 N–H and O–H groups in total. The first-order chi connectivity index (χ1) is 9.01. The minimum atomic E-state index is -0.323. The fourth-order valence-corrected chi connectivity index (χ4v) is 3.44. The fraction of sp³-hybridized carbons (Fsp3) is 0.533. The third kappa shape index (κ3) is 2.82. The van der Waals surface area contributed by atoms with Gasteiger partial charge in [-0.05, 0) is 47.7 Å². The van der Waals surface area contributed by atoms with Crippen LogP contribution < -0.4 is 5.73 Å². The molecule has 2 aromatic rings. The Morgan fingerprint density at radius 3 is 2.40 bits per heavy atom. The summed E-state index contributed by atoms with van der Waals surface area (Å²) in [5, 5.41) is 0. The van der Waals surface area contributed by atoms with E-state index >= 15 is 0 Å². The van der Waals surface area contributed by atoms with Crippen LogP contribution >= 0.6 is 15.9 Å². The molecule has 110 valence electrons. The molecule has 2 rings (SSSR count). The Kier molecular flexibility index (Phi) is 3.61. The molecule has 0 unspecified atom stereocenters. The van der Waals surface area contributed by atoms with E-state index in [0.717, 1.165) is 11.9 Å². The lowest BCUT2D eigenvalue weighted by atomic mass is 9.81. The maximum Gasteiger partial charge on any atom is 0.201 e. The summed E-state index contributed by atoms with van der Waals surface area (Å²) in [6.07, 6.45) is 0.935. The highest BCUT2D eigenvalue weighted by molar-refractivity contribution is 9.10. The van der Waals surface area contributed by atoms with Crippen molar-refractivity contribution in [2.45, 2.75) is 46.6 Å². The number of hydrogen-bond donors (Lipinski definition) is 1. The van der Waals surface area contributed by atoms with Gasteiger partial charge >= 0.3 is 0 Å². The van der Waals surface area contributed by atoms with Crippen LogP contribution in [-0.2, 0) is 5.54 Å². The standard InChI is InChI=1S/C15H21BrFN3/c1-14(2,3)8-15(4,5)20-12-6-9(16)10(17)7-11(12)19-13(20)18/h6-7H,8H2,1-5H3,(H2,18,19). The van der Waals surface area contributed by atoms with Crippen molar-refractivity contribution in [3.63, 3.8) is 0 Å². The molecular formula is C15H21BrFN3. The van der Waals surface area contributed by atoms with E-state index in [-0.39, 0.29) is 16.8 Å². The monoisotopic (exact) mass is 341 g/mol. The maximum absolute atomic E-state index is 13.6. The zero-order chi connectivity index (χ0) is 15.3. The van der Waals surface area contributed by atoms with E-state index in [0.29, 0.717) is 15.9 Å². The van der Waals surface area contributed by atoms with Crippen molar-refractivity contribution < 1.29 is 4.39 Å². The van der Waals surface area contributed by atoms with Gasteiger partial charge < -0.3 is 10.3 Å². The number of imidazole rings is 1. The van der Waals surface area contributed by atoms with Crippen LogP contribution in [-0.4, -0.2) is 9.55 Å². The highest BCUT2D eigenvalue weighted by Gasteiger charge is 2.30. The van der Waals surface area contributed by atoms with Crippen LogP contribution in [0.5, 0.6) is 0 Å². The van der Waals surface area contributed by atoms with Gasteiger partial charge in [0, 0.05) is 11.6 Å². The number of hydrogen-bond acceptors (Lipinski definition) is 2. The van der Waals surface area contributed by atoms with Gasteiger partial charge in [-0.2, -0.15) is 0 Å². The molecule has 0 bridgehead atoms. The van der Waals surface area contributed by atoms with Gasteiger partial charge in [0.05, 0.1) is 15.5 Å². The lowest BCUT2D eigenvalue weighted by molar-refractivity contribution is 0.222. The second-order valence-electron chi connectivity index (χ2n) is 7.11. The number of halogens is 2. The summed E-state index contributed by atoms with van der Waals surface area (Å²) < 4.78 is 16.0. The van der Waals surface area contributed by atoms with E-state index in [1.807, 2.05) is 4.57 Å². The highest BCUT2D eigenvalue weighted by Crippen LogP contribution is 2.37. The predicted octanol–water partition coefficient (Wildman–Crippen LogP) is 4.69. The lowest BCUT2D eigenvalue weighted by Crippen LogP contribution is -2.32. The van der Waals surface area contributed by atoms with Gasteiger partial charge in [-0.15, -0.1) is 0 Å². The molecule has 0 amide bonds. The van der Waals surface area contributed by atoms with E-state index in [1.54, 1.807) is 6.07 Å². The van der Waals surface area contributed by atoms with E-state index in [4.69, 9.17) is 5.73 Å². The smallest absolute Gasteiger partial charge is 0.201 e. The van der Waals surface area contributed by atoms with Crippen molar-refractivity contribution in [1.29, 1.82) is 0 Å². The van der Waals surface area contributed by atoms with Crippen LogP contribution in [0.3, 0.4) is 0 Å². The van der Waals surface area contributed by atoms with Crippen LogP contribution in [0.2, 0.25) is 0 Å². The molecule has 0 fully saturated rings. The first-order valence-electron chi connectivity index (χ1n) is 6.65. The minimum Gasteiger partial charge on any atom is -0.369 e. The fourth-order valence-electron chi connectivity index (χ4n) is 3.10. The third-order valence-corrected chi connectivity index (χ3v) is 3.90. The molecular weight excluding hydrogens is 321 g/mol. The molecule has 0 atom stereocenters. The number of nitrogens with two attached hydrogens (primary N) is 1. The Balaban J connectivity index is 2.64. The number of fused-ring (bicyclic) bond motifs is 1. The van der Waals surface area contributed by atoms with Crippen molar-refractivity contribution in [3.8, 4) is 0 Å². The number of anilines is 1. The molecule has 0 aliphatic carbocycles. The van der Waals surface area contributed by atoms with Gasteiger partial charge in [0.25, 0.3) is 0 Å². The maximum atomic E-state index is 13.6. The molecule has 0 aliphatic heterocycles. The van der Waals surface area contributed by atoms with Gasteiger partial charge in [0.15, 0.2) is 0 Å². The van der Waals surface area contributed by atoms with Crippen molar-refractivity contribution in [2.75, 3.05) is 5.73 Å². The zero-order valence-corrected chi connectivity index (χ0v) is 14.2. The predicted molar refractivity (Wildman–Crippen MR) is 85.2 cm³/mol. The lowest BCUT2D eigenvalue weighted by Gasteiger charge is -2.34. The topological polar surface area (TPSA) is 43.8 Å². The quantitative estimate of drug-likeness (QED) is 0.860. The molecule has 20 heavy (non-hydrogen) atoms. The minimum absolute atomic E-state index is 0.157. The molecule has 0 saturated heterocycles. The summed E-state index contributed by atoms with van der Waals surface area (Å²) in [6.45, 7) is 10.8. The first-order valence-corrected chi connectivity index (χ1v) is 7.44. The largest absolute Gasteiger partial charge is 0.369 e. The molecule has 0 radical (unpaired) electrons. The van der Waals surface area contributed by atoms with Crippen molar-refractivity contribution in [2.24, 2.45) is 5.41 Å². The summed E-state index contributed by atoms with van der Waals surface area (Å²) in [6, 6.07) is 3.16. The summed E-state index contributed by atoms with van der Waals surface area (Å²) in [5.74, 6) is 0.0996. The number of nitrogens with zero attached hydrogens (tertiary/aromatic N) is 2. The van der Waals surface area contributed by atoms with Crippen LogP contribution in [0.4, 0.5) is 10.3 Å². The molecule has 0 saturated carbocycles. The second kappa shape index (κ2) is 4.72.